The van der Waals surface area contributed by atoms with E-state index in [0.717, 1.165) is 25.0 Å². The number of hydrogen-bond acceptors (Lipinski definition) is 3. The lowest BCUT2D eigenvalue weighted by molar-refractivity contribution is -0.137. The molecular formula is C19H18F3N3O2. The SMILES string of the molecule is O=C1NC(=O)[C@](CN2C=CC=CC2c2ccc(C(F)(F)F)cc2)(C2CC2)N1. The highest BCUT2D eigenvalue weighted by molar-refractivity contribution is 6.07. The number of carbonyl (C=O) groups excluding carboxylic acids is 2. The van der Waals surface area contributed by atoms with Crippen LogP contribution in [0.3, 0.4) is 0 Å². The number of imide groups is 1. The normalized spacial score (nSPS) is 27.7. The Balaban J connectivity index is 1.60. The van der Waals surface area contributed by atoms with E-state index in [2.05, 4.69) is 10.6 Å². The first kappa shape index (κ1) is 17.6. The molecule has 27 heavy (non-hydrogen) atoms. The first-order valence-electron chi connectivity index (χ1n) is 8.71. The summed E-state index contributed by atoms with van der Waals surface area (Å²) in [4.78, 5) is 26.1. The van der Waals surface area contributed by atoms with Crippen molar-refractivity contribution in [2.45, 2.75) is 30.6 Å². The average Bonchev–Trinajstić information content (AvgIpc) is 3.42. The Labute approximate surface area is 153 Å². The Morgan fingerprint density at radius 1 is 1.11 bits per heavy atom. The van der Waals surface area contributed by atoms with E-state index in [1.807, 2.05) is 17.1 Å². The molecule has 1 aromatic carbocycles. The minimum atomic E-state index is -4.39. The number of benzene rings is 1. The van der Waals surface area contributed by atoms with Crippen molar-refractivity contribution in [3.8, 4) is 0 Å². The summed E-state index contributed by atoms with van der Waals surface area (Å²) in [6, 6.07) is 4.18. The van der Waals surface area contributed by atoms with Gasteiger partial charge in [0.25, 0.3) is 5.91 Å². The van der Waals surface area contributed by atoms with Crippen LogP contribution in [0, 0.1) is 5.92 Å². The van der Waals surface area contributed by atoms with Crippen LogP contribution in [0.5, 0.6) is 0 Å². The molecular weight excluding hydrogens is 359 g/mol. The summed E-state index contributed by atoms with van der Waals surface area (Å²) in [7, 11) is 0. The summed E-state index contributed by atoms with van der Waals surface area (Å²) >= 11 is 0. The quantitative estimate of drug-likeness (QED) is 0.793. The van der Waals surface area contributed by atoms with E-state index in [0.29, 0.717) is 5.56 Å². The fourth-order valence-electron chi connectivity index (χ4n) is 3.75. The average molecular weight is 377 g/mol. The van der Waals surface area contributed by atoms with Crippen LogP contribution < -0.4 is 10.6 Å². The van der Waals surface area contributed by atoms with E-state index >= 15 is 0 Å². The van der Waals surface area contributed by atoms with Crippen molar-refractivity contribution in [2.75, 3.05) is 6.54 Å². The maximum absolute atomic E-state index is 12.8. The topological polar surface area (TPSA) is 61.4 Å². The van der Waals surface area contributed by atoms with Crippen molar-refractivity contribution >= 4 is 11.9 Å². The van der Waals surface area contributed by atoms with Gasteiger partial charge >= 0.3 is 12.2 Å². The molecule has 3 aliphatic rings. The van der Waals surface area contributed by atoms with Crippen LogP contribution >= 0.6 is 0 Å². The molecule has 2 atom stereocenters. The Bertz CT molecular complexity index is 828. The van der Waals surface area contributed by atoms with Gasteiger partial charge in [0.05, 0.1) is 18.2 Å². The standard InChI is InChI=1S/C19H18F3N3O2/c20-19(21,22)14-6-4-12(5-7-14)15-3-1-2-10-25(15)11-18(13-8-9-13)16(26)23-17(27)24-18/h1-7,10,13,15H,8-9,11H2,(H2,23,24,26,27)/t15?,18-/m0/s1. The zero-order chi connectivity index (χ0) is 19.2. The third-order valence-electron chi connectivity index (χ3n) is 5.29. The smallest absolute Gasteiger partial charge is 0.364 e. The van der Waals surface area contributed by atoms with Crippen LogP contribution in [0.1, 0.15) is 30.0 Å². The first-order chi connectivity index (χ1) is 12.8. The molecule has 0 spiro atoms. The van der Waals surface area contributed by atoms with Gasteiger partial charge in [0.2, 0.25) is 0 Å². The number of urea groups is 1. The van der Waals surface area contributed by atoms with Gasteiger partial charge < -0.3 is 10.2 Å². The minimum Gasteiger partial charge on any atom is -0.364 e. The molecule has 1 saturated heterocycles. The number of allylic oxidation sites excluding steroid dienone is 2. The Kier molecular flexibility index (Phi) is 4.01. The summed E-state index contributed by atoms with van der Waals surface area (Å²) < 4.78 is 38.4. The molecule has 0 radical (unpaired) electrons. The van der Waals surface area contributed by atoms with Crippen molar-refractivity contribution in [3.63, 3.8) is 0 Å². The summed E-state index contributed by atoms with van der Waals surface area (Å²) in [6.45, 7) is 0.252. The van der Waals surface area contributed by atoms with Crippen molar-refractivity contribution in [1.82, 2.24) is 15.5 Å². The molecule has 4 rings (SSSR count). The Hall–Kier alpha value is -2.77. The Morgan fingerprint density at radius 3 is 2.37 bits per heavy atom. The largest absolute Gasteiger partial charge is 0.416 e. The van der Waals surface area contributed by atoms with E-state index < -0.39 is 23.3 Å². The second kappa shape index (κ2) is 6.14. The number of halogens is 3. The predicted octanol–water partition coefficient (Wildman–Crippen LogP) is 3.12. The van der Waals surface area contributed by atoms with Gasteiger partial charge in [0.1, 0.15) is 5.54 Å². The lowest BCUT2D eigenvalue weighted by atomic mass is 9.90. The van der Waals surface area contributed by atoms with Gasteiger partial charge in [-0.15, -0.1) is 0 Å². The van der Waals surface area contributed by atoms with Crippen molar-refractivity contribution in [3.05, 3.63) is 59.8 Å². The van der Waals surface area contributed by atoms with Gasteiger partial charge in [-0.1, -0.05) is 24.3 Å². The van der Waals surface area contributed by atoms with Crippen LogP contribution in [-0.4, -0.2) is 28.9 Å². The number of amides is 3. The van der Waals surface area contributed by atoms with Gasteiger partial charge in [-0.2, -0.15) is 13.2 Å². The van der Waals surface area contributed by atoms with Gasteiger partial charge in [-0.25, -0.2) is 4.79 Å². The highest BCUT2D eigenvalue weighted by Crippen LogP contribution is 2.43. The van der Waals surface area contributed by atoms with Crippen molar-refractivity contribution in [2.24, 2.45) is 5.92 Å². The number of nitrogens with zero attached hydrogens (tertiary/aromatic N) is 1. The molecule has 1 aromatic rings. The minimum absolute atomic E-state index is 0.0662. The fraction of sp³-hybridized carbons (Fsp3) is 0.368. The van der Waals surface area contributed by atoms with E-state index in [1.54, 1.807) is 12.3 Å². The zero-order valence-electron chi connectivity index (χ0n) is 14.3. The maximum Gasteiger partial charge on any atom is 0.416 e. The van der Waals surface area contributed by atoms with Crippen LogP contribution in [0.4, 0.5) is 18.0 Å². The zero-order valence-corrected chi connectivity index (χ0v) is 14.3. The summed E-state index contributed by atoms with van der Waals surface area (Å²) in [5.41, 5.74) is -1.03. The molecule has 1 saturated carbocycles. The Morgan fingerprint density at radius 2 is 1.81 bits per heavy atom. The third-order valence-corrected chi connectivity index (χ3v) is 5.29. The van der Waals surface area contributed by atoms with Crippen molar-refractivity contribution < 1.29 is 22.8 Å². The van der Waals surface area contributed by atoms with E-state index in [9.17, 15) is 22.8 Å². The molecule has 5 nitrogen and oxygen atoms in total. The van der Waals surface area contributed by atoms with Crippen LogP contribution in [0.15, 0.2) is 48.7 Å². The summed E-state index contributed by atoms with van der Waals surface area (Å²) in [5.74, 6) is -0.277. The van der Waals surface area contributed by atoms with Gasteiger partial charge in [0, 0.05) is 6.20 Å². The van der Waals surface area contributed by atoms with Gasteiger partial charge in [-0.05, 0) is 42.5 Å². The van der Waals surface area contributed by atoms with Crippen molar-refractivity contribution in [1.29, 1.82) is 0 Å². The molecule has 2 N–H and O–H groups in total. The van der Waals surface area contributed by atoms with E-state index in [-0.39, 0.29) is 24.4 Å². The van der Waals surface area contributed by atoms with Crippen LogP contribution in [0.25, 0.3) is 0 Å². The number of alkyl halides is 3. The molecule has 2 fully saturated rings. The second-order valence-corrected chi connectivity index (χ2v) is 7.12. The molecule has 2 aliphatic heterocycles. The molecule has 1 unspecified atom stereocenters. The summed E-state index contributed by atoms with van der Waals surface area (Å²) in [5, 5.41) is 5.09. The maximum atomic E-state index is 12.8. The highest BCUT2D eigenvalue weighted by Gasteiger charge is 2.57. The third kappa shape index (κ3) is 3.20. The number of nitrogens with one attached hydrogen (secondary N) is 2. The fourth-order valence-corrected chi connectivity index (χ4v) is 3.75. The molecule has 0 bridgehead atoms. The van der Waals surface area contributed by atoms with E-state index in [4.69, 9.17) is 0 Å². The molecule has 1 aliphatic carbocycles. The van der Waals surface area contributed by atoms with E-state index in [1.165, 1.54) is 12.1 Å². The molecule has 0 aromatic heterocycles. The lowest BCUT2D eigenvalue weighted by Crippen LogP contribution is -2.56. The second-order valence-electron chi connectivity index (χ2n) is 7.12. The van der Waals surface area contributed by atoms with Gasteiger partial charge in [0.15, 0.2) is 0 Å². The highest BCUT2D eigenvalue weighted by atomic mass is 19.4. The monoisotopic (exact) mass is 377 g/mol. The lowest BCUT2D eigenvalue weighted by Gasteiger charge is -2.37. The molecule has 3 amide bonds. The summed E-state index contributed by atoms with van der Waals surface area (Å²) in [6.07, 6.45) is 4.59. The number of hydrogen-bond donors (Lipinski definition) is 2. The molecule has 142 valence electrons. The van der Waals surface area contributed by atoms with Gasteiger partial charge in [-0.3, -0.25) is 10.1 Å². The van der Waals surface area contributed by atoms with Crippen LogP contribution in [0.2, 0.25) is 0 Å². The predicted molar refractivity (Wildman–Crippen MR) is 91.3 cm³/mol. The molecule has 2 heterocycles. The first-order valence-corrected chi connectivity index (χ1v) is 8.71. The van der Waals surface area contributed by atoms with Crippen LogP contribution in [-0.2, 0) is 11.0 Å². The molecule has 8 heteroatoms. The number of rotatable bonds is 4. The number of carbonyl (C=O) groups is 2.